The second kappa shape index (κ2) is 8.50. The number of halogens is 3. The highest BCUT2D eigenvalue weighted by molar-refractivity contribution is 6.15. The summed E-state index contributed by atoms with van der Waals surface area (Å²) in [5.74, 6) is -5.42. The van der Waals surface area contributed by atoms with Gasteiger partial charge in [-0.1, -0.05) is 12.1 Å². The first kappa shape index (κ1) is 22.5. The Morgan fingerprint density at radius 1 is 0.971 bits per heavy atom. The Balaban J connectivity index is 1.63. The van der Waals surface area contributed by atoms with Crippen LogP contribution in [0.1, 0.15) is 39.4 Å². The smallest absolute Gasteiger partial charge is 0.312 e. The number of para-hydroxylation sites is 1. The van der Waals surface area contributed by atoms with Gasteiger partial charge in [-0.05, 0) is 42.0 Å². The van der Waals surface area contributed by atoms with Crippen molar-refractivity contribution < 1.29 is 41.7 Å². The second-order valence-electron chi connectivity index (χ2n) is 7.91. The van der Waals surface area contributed by atoms with Crippen LogP contribution in [0.5, 0.6) is 23.0 Å². The van der Waals surface area contributed by atoms with Crippen molar-refractivity contribution in [2.75, 3.05) is 14.2 Å². The maximum absolute atomic E-state index is 14.0. The third kappa shape index (κ3) is 3.69. The molecule has 0 N–H and O–H groups in total. The van der Waals surface area contributed by atoms with Crippen molar-refractivity contribution >= 4 is 17.8 Å². The lowest BCUT2D eigenvalue weighted by Gasteiger charge is -2.26. The molecule has 1 atom stereocenters. The molecular formula is C26H17F3O6. The lowest BCUT2D eigenvalue weighted by Crippen LogP contribution is -2.22. The zero-order valence-corrected chi connectivity index (χ0v) is 18.5. The summed E-state index contributed by atoms with van der Waals surface area (Å²) in [6.45, 7) is 0. The highest BCUT2D eigenvalue weighted by Crippen LogP contribution is 2.49. The van der Waals surface area contributed by atoms with E-state index < -0.39 is 35.1 Å². The minimum Gasteiger partial charge on any atom is -0.493 e. The van der Waals surface area contributed by atoms with Gasteiger partial charge in [-0.15, -0.1) is 0 Å². The van der Waals surface area contributed by atoms with Gasteiger partial charge in [-0.25, -0.2) is 13.2 Å². The first-order valence-corrected chi connectivity index (χ1v) is 10.5. The van der Waals surface area contributed by atoms with E-state index in [4.69, 9.17) is 18.9 Å². The number of ketones is 1. The summed E-state index contributed by atoms with van der Waals surface area (Å²) >= 11 is 0. The SMILES string of the molecule is COc1cccc(/C=C2\Oc3c(ccc4c3[C@@H](c3cc(F)c(F)c(F)c3)CC(=O)O4)C2=O)c1OC. The predicted molar refractivity (Wildman–Crippen MR) is 117 cm³/mol. The molecule has 3 aromatic rings. The van der Waals surface area contributed by atoms with E-state index in [1.165, 1.54) is 32.4 Å². The van der Waals surface area contributed by atoms with Gasteiger partial charge in [-0.3, -0.25) is 9.59 Å². The summed E-state index contributed by atoms with van der Waals surface area (Å²) in [4.78, 5) is 25.4. The molecular weight excluding hydrogens is 465 g/mol. The topological polar surface area (TPSA) is 71.1 Å². The fourth-order valence-electron chi connectivity index (χ4n) is 4.33. The number of methoxy groups -OCH3 is 2. The lowest BCUT2D eigenvalue weighted by molar-refractivity contribution is -0.135. The summed E-state index contributed by atoms with van der Waals surface area (Å²) < 4.78 is 63.5. The highest BCUT2D eigenvalue weighted by Gasteiger charge is 2.39. The van der Waals surface area contributed by atoms with Crippen LogP contribution in [0.15, 0.2) is 48.2 Å². The van der Waals surface area contributed by atoms with Gasteiger partial charge < -0.3 is 18.9 Å². The molecule has 0 spiro atoms. The van der Waals surface area contributed by atoms with Gasteiger partial charge in [0.15, 0.2) is 34.7 Å². The van der Waals surface area contributed by atoms with Crippen molar-refractivity contribution in [3.05, 3.63) is 87.9 Å². The average molecular weight is 482 g/mol. The summed E-state index contributed by atoms with van der Waals surface area (Å²) in [6.07, 6.45) is 1.20. The van der Waals surface area contributed by atoms with Crippen LogP contribution in [0.3, 0.4) is 0 Å². The Kier molecular flexibility index (Phi) is 5.47. The third-order valence-corrected chi connectivity index (χ3v) is 5.91. The largest absolute Gasteiger partial charge is 0.493 e. The van der Waals surface area contributed by atoms with Crippen molar-refractivity contribution in [3.8, 4) is 23.0 Å². The predicted octanol–water partition coefficient (Wildman–Crippen LogP) is 5.18. The maximum atomic E-state index is 14.0. The molecule has 2 heterocycles. The fourth-order valence-corrected chi connectivity index (χ4v) is 4.33. The van der Waals surface area contributed by atoms with Crippen LogP contribution in [0.4, 0.5) is 13.2 Å². The Morgan fingerprint density at radius 3 is 2.40 bits per heavy atom. The van der Waals surface area contributed by atoms with Crippen LogP contribution in [0.2, 0.25) is 0 Å². The molecule has 0 radical (unpaired) electrons. The van der Waals surface area contributed by atoms with Gasteiger partial charge in [0.05, 0.1) is 26.2 Å². The van der Waals surface area contributed by atoms with Crippen LogP contribution in [0, 0.1) is 17.5 Å². The molecule has 0 saturated carbocycles. The molecule has 0 unspecified atom stereocenters. The van der Waals surface area contributed by atoms with Gasteiger partial charge in [0, 0.05) is 17.0 Å². The number of hydrogen-bond acceptors (Lipinski definition) is 6. The number of ether oxygens (including phenoxy) is 4. The summed E-state index contributed by atoms with van der Waals surface area (Å²) in [5, 5.41) is 0. The molecule has 2 aliphatic heterocycles. The maximum Gasteiger partial charge on any atom is 0.312 e. The molecule has 3 aromatic carbocycles. The summed E-state index contributed by atoms with van der Waals surface area (Å²) in [6, 6.07) is 9.63. The number of allylic oxidation sites excluding steroid dienone is 1. The van der Waals surface area contributed by atoms with Crippen molar-refractivity contribution in [1.29, 1.82) is 0 Å². The Bertz CT molecular complexity index is 1410. The van der Waals surface area contributed by atoms with E-state index in [0.29, 0.717) is 17.1 Å². The molecule has 6 nitrogen and oxygen atoms in total. The number of carbonyl (C=O) groups is 2. The Morgan fingerprint density at radius 2 is 1.71 bits per heavy atom. The number of rotatable bonds is 4. The monoisotopic (exact) mass is 482 g/mol. The molecule has 0 bridgehead atoms. The van der Waals surface area contributed by atoms with E-state index in [2.05, 4.69) is 0 Å². The van der Waals surface area contributed by atoms with Gasteiger partial charge in [0.2, 0.25) is 5.78 Å². The molecule has 5 rings (SSSR count). The molecule has 178 valence electrons. The zero-order valence-electron chi connectivity index (χ0n) is 18.5. The molecule has 2 aliphatic rings. The second-order valence-corrected chi connectivity index (χ2v) is 7.91. The van der Waals surface area contributed by atoms with Crippen LogP contribution < -0.4 is 18.9 Å². The van der Waals surface area contributed by atoms with Crippen LogP contribution in [-0.2, 0) is 4.79 Å². The van der Waals surface area contributed by atoms with Crippen LogP contribution >= 0.6 is 0 Å². The lowest BCUT2D eigenvalue weighted by atomic mass is 9.84. The molecule has 0 aliphatic carbocycles. The van der Waals surface area contributed by atoms with E-state index in [9.17, 15) is 22.8 Å². The Labute approximate surface area is 197 Å². The molecule has 35 heavy (non-hydrogen) atoms. The number of carbonyl (C=O) groups excluding carboxylic acids is 2. The van der Waals surface area contributed by atoms with E-state index in [1.54, 1.807) is 18.2 Å². The summed E-state index contributed by atoms with van der Waals surface area (Å²) in [7, 11) is 2.94. The van der Waals surface area contributed by atoms with Gasteiger partial charge >= 0.3 is 5.97 Å². The van der Waals surface area contributed by atoms with Gasteiger partial charge in [-0.2, -0.15) is 0 Å². The zero-order chi connectivity index (χ0) is 24.9. The van der Waals surface area contributed by atoms with Crippen molar-refractivity contribution in [1.82, 2.24) is 0 Å². The van der Waals surface area contributed by atoms with Crippen molar-refractivity contribution in [2.24, 2.45) is 0 Å². The quantitative estimate of drug-likeness (QED) is 0.221. The van der Waals surface area contributed by atoms with E-state index in [0.717, 1.165) is 12.1 Å². The molecule has 0 fully saturated rings. The number of Topliss-reactive ketones (excluding diaryl/α,β-unsaturated/α-hetero) is 1. The fraction of sp³-hybridized carbons (Fsp3) is 0.154. The third-order valence-electron chi connectivity index (χ3n) is 5.91. The van der Waals surface area contributed by atoms with Crippen LogP contribution in [-0.4, -0.2) is 26.0 Å². The molecule has 0 saturated heterocycles. The molecule has 0 aromatic heterocycles. The Hall–Kier alpha value is -4.27. The summed E-state index contributed by atoms with van der Waals surface area (Å²) in [5.41, 5.74) is 0.975. The minimum absolute atomic E-state index is 0.00986. The van der Waals surface area contributed by atoms with Crippen molar-refractivity contribution in [2.45, 2.75) is 12.3 Å². The first-order valence-electron chi connectivity index (χ1n) is 10.5. The molecule has 9 heteroatoms. The van der Waals surface area contributed by atoms with E-state index >= 15 is 0 Å². The van der Waals surface area contributed by atoms with Gasteiger partial charge in [0.1, 0.15) is 11.5 Å². The highest BCUT2D eigenvalue weighted by atomic mass is 19.2. The van der Waals surface area contributed by atoms with Crippen LogP contribution in [0.25, 0.3) is 6.08 Å². The normalized spacial score (nSPS) is 17.5. The number of benzene rings is 3. The minimum atomic E-state index is -1.62. The van der Waals surface area contributed by atoms with E-state index in [1.807, 2.05) is 0 Å². The molecule has 0 amide bonds. The average Bonchev–Trinajstić information content (AvgIpc) is 3.16. The van der Waals surface area contributed by atoms with Crippen molar-refractivity contribution in [3.63, 3.8) is 0 Å². The number of fused-ring (bicyclic) bond motifs is 3. The number of hydrogen-bond donors (Lipinski definition) is 0. The van der Waals surface area contributed by atoms with Gasteiger partial charge in [0.25, 0.3) is 0 Å². The standard InChI is InChI=1S/C26H17F3O6/c1-32-19-5-3-4-12(25(19)33-2)10-20-24(31)14-6-7-18-22(26(14)35-20)15(11-21(30)34-18)13-8-16(27)23(29)17(28)9-13/h3-10,15H,11H2,1-2H3/b20-10-/t15-/m1/s1. The van der Waals surface area contributed by atoms with E-state index in [-0.39, 0.29) is 40.4 Å². The first-order chi connectivity index (χ1) is 16.8. The number of esters is 1.